The van der Waals surface area contributed by atoms with Crippen LogP contribution >= 0.6 is 46.0 Å². The second kappa shape index (κ2) is 12.4. The van der Waals surface area contributed by atoms with Gasteiger partial charge in [0.2, 0.25) is 0 Å². The number of urea groups is 1. The van der Waals surface area contributed by atoms with Gasteiger partial charge in [-0.2, -0.15) is 0 Å². The number of halogens is 1. The number of aliphatic carboxylic acids is 1. The maximum atomic E-state index is 13.2. The van der Waals surface area contributed by atoms with Crippen LogP contribution in [-0.2, 0) is 16.1 Å². The van der Waals surface area contributed by atoms with E-state index in [1.807, 2.05) is 23.1 Å². The van der Waals surface area contributed by atoms with Gasteiger partial charge in [0, 0.05) is 22.3 Å². The molecule has 0 spiro atoms. The molecule has 1 aliphatic carbocycles. The summed E-state index contributed by atoms with van der Waals surface area (Å²) < 4.78 is 7.93. The molecule has 1 fully saturated rings. The number of ether oxygens (including phenoxy) is 1. The number of fused-ring (bicyclic) bond motifs is 1. The topological polar surface area (TPSA) is 91.8 Å². The average molecular weight is 554 g/mol. The van der Waals surface area contributed by atoms with Gasteiger partial charge in [-0.3, -0.25) is 10.1 Å². The van der Waals surface area contributed by atoms with Gasteiger partial charge in [-0.05, 0) is 66.1 Å². The predicted octanol–water partition coefficient (Wildman–Crippen LogP) is 6.82. The second-order valence-electron chi connectivity index (χ2n) is 8.66. The number of carboxylic acids is 1. The molecule has 1 aliphatic rings. The molecule has 2 amide bonds. The fourth-order valence-electron chi connectivity index (χ4n) is 4.19. The van der Waals surface area contributed by atoms with E-state index in [1.54, 1.807) is 17.5 Å². The standard InChI is InChI=1S/C24H28ClN3O4S3/c1-15-2-5-18(6-3-15)28(24(31)27-23-26-11-22(35-23)34-14-21(29)30)8-9-32-12-16-13-33-20-7-4-17(25)10-19(16)20/h4,7,10-11,13,15,18H,2-3,5-6,8-9,12,14H2,1H3,(H,29,30)(H,26,27,31)/t15-,18-. The second-order valence-corrected chi connectivity index (χ2v) is 12.3. The number of amides is 2. The largest absolute Gasteiger partial charge is 0.481 e. The highest BCUT2D eigenvalue weighted by molar-refractivity contribution is 8.01. The lowest BCUT2D eigenvalue weighted by Crippen LogP contribution is -2.46. The maximum absolute atomic E-state index is 13.2. The molecule has 4 rings (SSSR count). The first-order valence-corrected chi connectivity index (χ1v) is 14.6. The third-order valence-corrected chi connectivity index (χ3v) is 9.41. The first-order valence-electron chi connectivity index (χ1n) is 11.5. The Bertz CT molecular complexity index is 1160. The van der Waals surface area contributed by atoms with Crippen LogP contribution in [0.1, 0.15) is 38.2 Å². The third kappa shape index (κ3) is 7.33. The molecule has 3 aromatic rings. The molecule has 0 unspecified atom stereocenters. The Morgan fingerprint density at radius 2 is 2.11 bits per heavy atom. The van der Waals surface area contributed by atoms with Crippen LogP contribution in [0.5, 0.6) is 0 Å². The zero-order valence-electron chi connectivity index (χ0n) is 19.4. The van der Waals surface area contributed by atoms with Crippen LogP contribution in [0.3, 0.4) is 0 Å². The molecule has 0 aliphatic heterocycles. The van der Waals surface area contributed by atoms with Crippen LogP contribution in [0.25, 0.3) is 10.1 Å². The van der Waals surface area contributed by atoms with Crippen molar-refractivity contribution in [2.24, 2.45) is 5.92 Å². The highest BCUT2D eigenvalue weighted by atomic mass is 35.5. The van der Waals surface area contributed by atoms with E-state index in [9.17, 15) is 9.59 Å². The number of thioether (sulfide) groups is 1. The van der Waals surface area contributed by atoms with E-state index < -0.39 is 5.97 Å². The minimum Gasteiger partial charge on any atom is -0.481 e. The van der Waals surface area contributed by atoms with Gasteiger partial charge in [-0.1, -0.05) is 29.9 Å². The first-order chi connectivity index (χ1) is 16.9. The highest BCUT2D eigenvalue weighted by Gasteiger charge is 2.28. The zero-order valence-corrected chi connectivity index (χ0v) is 22.6. The molecule has 0 bridgehead atoms. The summed E-state index contributed by atoms with van der Waals surface area (Å²) in [6.45, 7) is 3.63. The van der Waals surface area contributed by atoms with Crippen molar-refractivity contribution in [1.29, 1.82) is 0 Å². The lowest BCUT2D eigenvalue weighted by atomic mass is 9.86. The monoisotopic (exact) mass is 553 g/mol. The quantitative estimate of drug-likeness (QED) is 0.211. The van der Waals surface area contributed by atoms with Crippen LogP contribution in [0.2, 0.25) is 5.02 Å². The molecular formula is C24H28ClN3O4S3. The van der Waals surface area contributed by atoms with Crippen LogP contribution in [0.4, 0.5) is 9.93 Å². The molecule has 7 nitrogen and oxygen atoms in total. The normalized spacial score (nSPS) is 18.0. The fraction of sp³-hybridized carbons (Fsp3) is 0.458. The lowest BCUT2D eigenvalue weighted by Gasteiger charge is -2.36. The van der Waals surface area contributed by atoms with E-state index in [0.29, 0.717) is 35.8 Å². The number of hydrogen-bond acceptors (Lipinski definition) is 7. The number of nitrogens with one attached hydrogen (secondary N) is 1. The van der Waals surface area contributed by atoms with E-state index in [4.69, 9.17) is 21.4 Å². The minimum atomic E-state index is -0.884. The number of hydrogen-bond donors (Lipinski definition) is 2. The van der Waals surface area contributed by atoms with Crippen molar-refractivity contribution in [3.8, 4) is 0 Å². The smallest absolute Gasteiger partial charge is 0.323 e. The Labute approximate surface area is 221 Å². The number of thiazole rings is 1. The Balaban J connectivity index is 1.35. The molecule has 11 heteroatoms. The van der Waals surface area contributed by atoms with E-state index in [2.05, 4.69) is 22.6 Å². The number of carboxylic acid groups (broad SMARTS) is 1. The number of nitrogens with zero attached hydrogens (tertiary/aromatic N) is 2. The Morgan fingerprint density at radius 3 is 2.89 bits per heavy atom. The van der Waals surface area contributed by atoms with Crippen LogP contribution < -0.4 is 5.32 Å². The van der Waals surface area contributed by atoms with Crippen molar-refractivity contribution in [3.05, 3.63) is 40.4 Å². The molecule has 2 N–H and O–H groups in total. The maximum Gasteiger partial charge on any atom is 0.323 e. The number of rotatable bonds is 10. The Morgan fingerprint density at radius 1 is 1.31 bits per heavy atom. The van der Waals surface area contributed by atoms with Gasteiger partial charge in [-0.25, -0.2) is 9.78 Å². The van der Waals surface area contributed by atoms with Gasteiger partial charge in [0.05, 0.1) is 29.4 Å². The molecule has 2 aromatic heterocycles. The fourth-order valence-corrected chi connectivity index (χ4v) is 6.88. The molecule has 188 valence electrons. The van der Waals surface area contributed by atoms with Crippen LogP contribution in [-0.4, -0.2) is 51.9 Å². The summed E-state index contributed by atoms with van der Waals surface area (Å²) in [7, 11) is 0. The van der Waals surface area contributed by atoms with Gasteiger partial charge in [-0.15, -0.1) is 23.1 Å². The van der Waals surface area contributed by atoms with Gasteiger partial charge >= 0.3 is 12.0 Å². The third-order valence-electron chi connectivity index (χ3n) is 6.07. The summed E-state index contributed by atoms with van der Waals surface area (Å²) in [6.07, 6.45) is 5.75. The first kappa shape index (κ1) is 26.2. The molecule has 0 atom stereocenters. The summed E-state index contributed by atoms with van der Waals surface area (Å²) in [6, 6.07) is 5.85. The molecule has 0 radical (unpaired) electrons. The number of anilines is 1. The van der Waals surface area contributed by atoms with Crippen molar-refractivity contribution in [3.63, 3.8) is 0 Å². The zero-order chi connectivity index (χ0) is 24.8. The Hall–Kier alpha value is -1.85. The number of thiophene rings is 1. The Kier molecular flexibility index (Phi) is 9.29. The van der Waals surface area contributed by atoms with Gasteiger partial charge in [0.25, 0.3) is 0 Å². The number of carbonyl (C=O) groups excluding carboxylic acids is 1. The lowest BCUT2D eigenvalue weighted by molar-refractivity contribution is -0.133. The number of carbonyl (C=O) groups is 2. The van der Waals surface area contributed by atoms with E-state index >= 15 is 0 Å². The molecule has 2 heterocycles. The van der Waals surface area contributed by atoms with E-state index in [-0.39, 0.29) is 17.8 Å². The van der Waals surface area contributed by atoms with E-state index in [1.165, 1.54) is 27.8 Å². The van der Waals surface area contributed by atoms with Crippen molar-refractivity contribution in [1.82, 2.24) is 9.88 Å². The summed E-state index contributed by atoms with van der Waals surface area (Å²) in [5, 5.41) is 16.2. The molecule has 1 aromatic carbocycles. The summed E-state index contributed by atoms with van der Waals surface area (Å²) >= 11 is 10.3. The van der Waals surface area contributed by atoms with E-state index in [0.717, 1.165) is 40.8 Å². The SMILES string of the molecule is C[C@H]1CC[C@H](N(CCOCc2csc3ccc(Cl)cc23)C(=O)Nc2ncc(SCC(=O)O)s2)CC1. The molecular weight excluding hydrogens is 526 g/mol. The van der Waals surface area contributed by atoms with Gasteiger partial charge in [0.1, 0.15) is 0 Å². The van der Waals surface area contributed by atoms with Crippen molar-refractivity contribution < 1.29 is 19.4 Å². The molecule has 1 saturated carbocycles. The minimum absolute atomic E-state index is 0.0368. The average Bonchev–Trinajstić information content (AvgIpc) is 3.45. The predicted molar refractivity (Wildman–Crippen MR) is 144 cm³/mol. The summed E-state index contributed by atoms with van der Waals surface area (Å²) in [5.74, 6) is -0.241. The number of aromatic nitrogens is 1. The van der Waals surface area contributed by atoms with Crippen molar-refractivity contribution in [2.75, 3.05) is 24.2 Å². The van der Waals surface area contributed by atoms with Gasteiger partial charge < -0.3 is 14.7 Å². The molecule has 35 heavy (non-hydrogen) atoms. The summed E-state index contributed by atoms with van der Waals surface area (Å²) in [5.41, 5.74) is 1.10. The highest BCUT2D eigenvalue weighted by Crippen LogP contribution is 2.31. The van der Waals surface area contributed by atoms with Gasteiger partial charge in [0.15, 0.2) is 5.13 Å². The van der Waals surface area contributed by atoms with Crippen LogP contribution in [0, 0.1) is 5.92 Å². The molecule has 0 saturated heterocycles. The van der Waals surface area contributed by atoms with Crippen molar-refractivity contribution >= 4 is 73.3 Å². The summed E-state index contributed by atoms with van der Waals surface area (Å²) in [4.78, 5) is 30.1. The van der Waals surface area contributed by atoms with Crippen molar-refractivity contribution in [2.45, 2.75) is 49.5 Å². The van der Waals surface area contributed by atoms with Crippen LogP contribution in [0.15, 0.2) is 34.0 Å². The number of benzene rings is 1.